The molecule has 21 heavy (non-hydrogen) atoms. The van der Waals surface area contributed by atoms with Gasteiger partial charge in [0, 0.05) is 0 Å². The molecule has 0 saturated carbocycles. The molecule has 0 aliphatic rings. The molecular formula is C12H16N4O4S. The summed E-state index contributed by atoms with van der Waals surface area (Å²) < 4.78 is 31.4. The highest BCUT2D eigenvalue weighted by molar-refractivity contribution is 7.92. The Morgan fingerprint density at radius 3 is 2.48 bits per heavy atom. The monoisotopic (exact) mass is 312 g/mol. The van der Waals surface area contributed by atoms with E-state index in [0.29, 0.717) is 18.5 Å². The van der Waals surface area contributed by atoms with Gasteiger partial charge in [-0.05, 0) is 25.0 Å². The Balaban J connectivity index is 2.28. The summed E-state index contributed by atoms with van der Waals surface area (Å²) in [4.78, 5) is 4.14. The Labute approximate surface area is 122 Å². The van der Waals surface area contributed by atoms with Gasteiger partial charge in [0.2, 0.25) is 5.09 Å². The molecule has 2 N–H and O–H groups in total. The second kappa shape index (κ2) is 6.19. The average Bonchev–Trinajstić information content (AvgIpc) is 2.96. The molecule has 0 aliphatic heterocycles. The number of anilines is 1. The highest BCUT2D eigenvalue weighted by Gasteiger charge is 2.21. The maximum atomic E-state index is 12.1. The van der Waals surface area contributed by atoms with E-state index in [2.05, 4.69) is 19.9 Å². The van der Waals surface area contributed by atoms with Gasteiger partial charge in [0.1, 0.15) is 12.4 Å². The Morgan fingerprint density at radius 2 is 1.90 bits per heavy atom. The predicted molar refractivity (Wildman–Crippen MR) is 74.0 cm³/mol. The molecule has 2 heterocycles. The predicted octanol–water partition coefficient (Wildman–Crippen LogP) is 0.883. The van der Waals surface area contributed by atoms with Crippen LogP contribution in [0.2, 0.25) is 0 Å². The van der Waals surface area contributed by atoms with E-state index in [-0.39, 0.29) is 23.4 Å². The van der Waals surface area contributed by atoms with Crippen LogP contribution in [0.25, 0.3) is 0 Å². The van der Waals surface area contributed by atoms with Crippen LogP contribution in [-0.4, -0.2) is 28.7 Å². The first-order chi connectivity index (χ1) is 10.00. The molecule has 0 amide bonds. The van der Waals surface area contributed by atoms with E-state index in [4.69, 9.17) is 9.52 Å². The van der Waals surface area contributed by atoms with Gasteiger partial charge in [-0.25, -0.2) is 9.71 Å². The lowest BCUT2D eigenvalue weighted by atomic mass is 10.2. The number of aliphatic hydroxyl groups is 1. The second-order valence-electron chi connectivity index (χ2n) is 4.22. The third kappa shape index (κ3) is 3.37. The molecule has 0 fully saturated rings. The van der Waals surface area contributed by atoms with Crippen LogP contribution in [0.15, 0.2) is 21.6 Å². The van der Waals surface area contributed by atoms with Crippen LogP contribution in [-0.2, 0) is 29.5 Å². The summed E-state index contributed by atoms with van der Waals surface area (Å²) in [6.45, 7) is 3.45. The number of rotatable bonds is 6. The van der Waals surface area contributed by atoms with Crippen molar-refractivity contribution in [2.75, 3.05) is 4.72 Å². The van der Waals surface area contributed by atoms with Crippen LogP contribution in [0.1, 0.15) is 31.0 Å². The molecule has 2 rings (SSSR count). The number of nitrogens with one attached hydrogen (secondary N) is 1. The van der Waals surface area contributed by atoms with Crippen molar-refractivity contribution in [1.29, 1.82) is 0 Å². The Morgan fingerprint density at radius 1 is 1.19 bits per heavy atom. The van der Waals surface area contributed by atoms with Gasteiger partial charge in [-0.2, -0.15) is 8.42 Å². The minimum atomic E-state index is -3.94. The number of nitrogens with zero attached hydrogens (tertiary/aromatic N) is 3. The lowest BCUT2D eigenvalue weighted by Crippen LogP contribution is -2.16. The van der Waals surface area contributed by atoms with Gasteiger partial charge in [-0.3, -0.25) is 0 Å². The Hall–Kier alpha value is -2.00. The first-order valence-electron chi connectivity index (χ1n) is 6.45. The number of hydrogen-bond donors (Lipinski definition) is 2. The Kier molecular flexibility index (Phi) is 4.53. The van der Waals surface area contributed by atoms with Crippen LogP contribution < -0.4 is 4.72 Å². The summed E-state index contributed by atoms with van der Waals surface area (Å²) in [6, 6.07) is 2.63. The average molecular weight is 312 g/mol. The van der Waals surface area contributed by atoms with Gasteiger partial charge in [-0.1, -0.05) is 13.8 Å². The minimum Gasteiger partial charge on any atom is -0.445 e. The molecule has 0 saturated heterocycles. The smallest absolute Gasteiger partial charge is 0.297 e. The van der Waals surface area contributed by atoms with Gasteiger partial charge in [0.15, 0.2) is 0 Å². The molecule has 2 aromatic heterocycles. The molecule has 0 spiro atoms. The highest BCUT2D eigenvalue weighted by Crippen LogP contribution is 2.17. The van der Waals surface area contributed by atoms with Crippen LogP contribution in [0.3, 0.4) is 0 Å². The van der Waals surface area contributed by atoms with Gasteiger partial charge in [0.05, 0.1) is 11.4 Å². The first-order valence-corrected chi connectivity index (χ1v) is 7.93. The number of aromatic nitrogens is 3. The molecule has 114 valence electrons. The molecular weight excluding hydrogens is 296 g/mol. The van der Waals surface area contributed by atoms with Crippen molar-refractivity contribution < 1.29 is 17.9 Å². The molecule has 0 radical (unpaired) electrons. The van der Waals surface area contributed by atoms with Crippen molar-refractivity contribution in [3.8, 4) is 0 Å². The van der Waals surface area contributed by atoms with E-state index >= 15 is 0 Å². The van der Waals surface area contributed by atoms with Crippen molar-refractivity contribution in [3.05, 3.63) is 29.3 Å². The largest absolute Gasteiger partial charge is 0.445 e. The van der Waals surface area contributed by atoms with E-state index in [1.165, 1.54) is 12.1 Å². The summed E-state index contributed by atoms with van der Waals surface area (Å²) in [7, 11) is -3.94. The van der Waals surface area contributed by atoms with E-state index < -0.39 is 10.0 Å². The number of sulfonamides is 1. The van der Waals surface area contributed by atoms with Gasteiger partial charge < -0.3 is 9.52 Å². The van der Waals surface area contributed by atoms with Crippen LogP contribution >= 0.6 is 0 Å². The molecule has 2 aromatic rings. The molecule has 8 nitrogen and oxygen atoms in total. The van der Waals surface area contributed by atoms with E-state index in [1.54, 1.807) is 0 Å². The van der Waals surface area contributed by atoms with Crippen molar-refractivity contribution in [2.24, 2.45) is 0 Å². The maximum Gasteiger partial charge on any atom is 0.297 e. The van der Waals surface area contributed by atoms with E-state index in [1.807, 2.05) is 13.8 Å². The zero-order valence-electron chi connectivity index (χ0n) is 11.7. The number of aryl methyl sites for hydroxylation is 2. The standard InChI is InChI=1S/C12H16N4O4S/c1-3-9-10(4-2)14-15-12(13-9)16-21(18,19)11-6-5-8(7-17)20-11/h5-6,17H,3-4,7H2,1-2H3,(H,13,15,16). The molecule has 0 aliphatic carbocycles. The normalized spacial score (nSPS) is 11.6. The van der Waals surface area contributed by atoms with E-state index in [9.17, 15) is 8.42 Å². The van der Waals surface area contributed by atoms with Crippen LogP contribution in [0.5, 0.6) is 0 Å². The zero-order valence-corrected chi connectivity index (χ0v) is 12.5. The Bertz CT molecular complexity index is 727. The fourth-order valence-electron chi connectivity index (χ4n) is 1.74. The molecule has 0 aromatic carbocycles. The lowest BCUT2D eigenvalue weighted by molar-refractivity contribution is 0.236. The van der Waals surface area contributed by atoms with Gasteiger partial charge in [0.25, 0.3) is 16.0 Å². The summed E-state index contributed by atoms with van der Waals surface area (Å²) in [6.07, 6.45) is 1.30. The van der Waals surface area contributed by atoms with Crippen LogP contribution in [0.4, 0.5) is 5.95 Å². The topological polar surface area (TPSA) is 118 Å². The quantitative estimate of drug-likeness (QED) is 0.812. The highest BCUT2D eigenvalue weighted by atomic mass is 32.2. The van der Waals surface area contributed by atoms with Crippen molar-refractivity contribution in [3.63, 3.8) is 0 Å². The third-order valence-corrected chi connectivity index (χ3v) is 3.99. The summed E-state index contributed by atoms with van der Waals surface area (Å²) >= 11 is 0. The minimum absolute atomic E-state index is 0.106. The number of furan rings is 1. The van der Waals surface area contributed by atoms with Crippen molar-refractivity contribution in [2.45, 2.75) is 38.4 Å². The first kappa shape index (κ1) is 15.4. The molecule has 0 bridgehead atoms. The fourth-order valence-corrected chi connectivity index (χ4v) is 2.63. The summed E-state index contributed by atoms with van der Waals surface area (Å²) in [5, 5.41) is 16.3. The van der Waals surface area contributed by atoms with E-state index in [0.717, 1.165) is 5.69 Å². The van der Waals surface area contributed by atoms with Gasteiger partial charge in [-0.15, -0.1) is 10.2 Å². The molecule has 0 atom stereocenters. The van der Waals surface area contributed by atoms with Crippen LogP contribution in [0, 0.1) is 0 Å². The van der Waals surface area contributed by atoms with Crippen molar-refractivity contribution in [1.82, 2.24) is 15.2 Å². The summed E-state index contributed by atoms with van der Waals surface area (Å²) in [5.41, 5.74) is 1.43. The molecule has 0 unspecified atom stereocenters. The number of hydrogen-bond acceptors (Lipinski definition) is 7. The fraction of sp³-hybridized carbons (Fsp3) is 0.417. The molecule has 9 heteroatoms. The third-order valence-electron chi connectivity index (χ3n) is 2.79. The zero-order chi connectivity index (χ0) is 15.5. The number of aliphatic hydroxyl groups excluding tert-OH is 1. The van der Waals surface area contributed by atoms with Gasteiger partial charge >= 0.3 is 0 Å². The summed E-state index contributed by atoms with van der Waals surface area (Å²) in [5.74, 6) is 0.0518. The second-order valence-corrected chi connectivity index (χ2v) is 5.83. The lowest BCUT2D eigenvalue weighted by Gasteiger charge is -2.07. The van der Waals surface area contributed by atoms with Crippen molar-refractivity contribution >= 4 is 16.0 Å². The SMILES string of the molecule is CCc1nnc(NS(=O)(=O)c2ccc(CO)o2)nc1CC. The maximum absolute atomic E-state index is 12.1.